The molecule has 2 N–H and O–H groups in total. The van der Waals surface area contributed by atoms with E-state index in [0.29, 0.717) is 6.42 Å². The molecule has 1 unspecified atom stereocenters. The zero-order valence-electron chi connectivity index (χ0n) is 9.69. The number of carboxylic acids is 1. The Balaban J connectivity index is 2.23. The first-order chi connectivity index (χ1) is 8.80. The molecule has 0 spiro atoms. The van der Waals surface area contributed by atoms with Gasteiger partial charge in [-0.3, -0.25) is 0 Å². The van der Waals surface area contributed by atoms with Crippen molar-refractivity contribution in [1.29, 1.82) is 0 Å². The highest BCUT2D eigenvalue weighted by molar-refractivity contribution is 7.91. The summed E-state index contributed by atoms with van der Waals surface area (Å²) in [5, 5.41) is 11.2. The number of carbonyl (C=O) groups is 1. The number of anilines is 1. The summed E-state index contributed by atoms with van der Waals surface area (Å²) in [6.07, 6.45) is 0.310. The van der Waals surface area contributed by atoms with Gasteiger partial charge in [-0.15, -0.1) is 0 Å². The van der Waals surface area contributed by atoms with Crippen LogP contribution in [-0.2, 0) is 9.84 Å². The van der Waals surface area contributed by atoms with E-state index in [2.05, 4.69) is 5.32 Å². The fraction of sp³-hybridized carbons (Fsp3) is 0.364. The van der Waals surface area contributed by atoms with E-state index in [4.69, 9.17) is 5.11 Å². The van der Waals surface area contributed by atoms with Crippen LogP contribution in [0, 0.1) is 11.6 Å². The van der Waals surface area contributed by atoms with Gasteiger partial charge in [0.1, 0.15) is 0 Å². The lowest BCUT2D eigenvalue weighted by Crippen LogP contribution is -2.21. The van der Waals surface area contributed by atoms with Crippen LogP contribution in [0.1, 0.15) is 16.8 Å². The van der Waals surface area contributed by atoms with Gasteiger partial charge in [0.05, 0.1) is 22.8 Å². The van der Waals surface area contributed by atoms with Gasteiger partial charge in [-0.05, 0) is 18.6 Å². The van der Waals surface area contributed by atoms with E-state index < -0.39 is 39.0 Å². The van der Waals surface area contributed by atoms with Gasteiger partial charge in [0.2, 0.25) is 0 Å². The van der Waals surface area contributed by atoms with Crippen LogP contribution in [0.3, 0.4) is 0 Å². The number of carboxylic acid groups (broad SMARTS) is 1. The molecule has 19 heavy (non-hydrogen) atoms. The average molecular weight is 291 g/mol. The van der Waals surface area contributed by atoms with E-state index in [1.807, 2.05) is 0 Å². The summed E-state index contributed by atoms with van der Waals surface area (Å²) in [7, 11) is -3.13. The summed E-state index contributed by atoms with van der Waals surface area (Å²) in [6, 6.07) is 1.54. The minimum absolute atomic E-state index is 0.00196. The minimum Gasteiger partial charge on any atom is -0.478 e. The van der Waals surface area contributed by atoms with Crippen molar-refractivity contribution < 1.29 is 27.1 Å². The predicted molar refractivity (Wildman–Crippen MR) is 64.0 cm³/mol. The SMILES string of the molecule is O=C(O)c1ccc(NC2CCS(=O)(=O)C2)c(F)c1F. The zero-order valence-corrected chi connectivity index (χ0v) is 10.5. The number of hydrogen-bond donors (Lipinski definition) is 2. The van der Waals surface area contributed by atoms with Crippen LogP contribution in [0.2, 0.25) is 0 Å². The van der Waals surface area contributed by atoms with Crippen LogP contribution in [0.15, 0.2) is 12.1 Å². The predicted octanol–water partition coefficient (Wildman–Crippen LogP) is 1.26. The summed E-state index contributed by atoms with van der Waals surface area (Å²) in [5.74, 6) is -4.48. The zero-order chi connectivity index (χ0) is 14.2. The van der Waals surface area contributed by atoms with Crippen molar-refractivity contribution in [3.63, 3.8) is 0 Å². The number of nitrogens with one attached hydrogen (secondary N) is 1. The molecule has 1 atom stereocenters. The molecule has 1 heterocycles. The minimum atomic E-state index is -3.13. The van der Waals surface area contributed by atoms with Gasteiger partial charge in [-0.1, -0.05) is 0 Å². The standard InChI is InChI=1S/C11H11F2NO4S/c12-9-7(11(15)16)1-2-8(10(9)13)14-6-3-4-19(17,18)5-6/h1-2,6,14H,3-5H2,(H,15,16). The second-order valence-corrected chi connectivity index (χ2v) is 6.57. The van der Waals surface area contributed by atoms with Crippen LogP contribution in [0.4, 0.5) is 14.5 Å². The third-order valence-corrected chi connectivity index (χ3v) is 4.67. The molecule has 0 bridgehead atoms. The molecular formula is C11H11F2NO4S. The van der Waals surface area contributed by atoms with Crippen LogP contribution in [0.5, 0.6) is 0 Å². The van der Waals surface area contributed by atoms with Crippen LogP contribution >= 0.6 is 0 Å². The molecule has 2 rings (SSSR count). The van der Waals surface area contributed by atoms with E-state index in [1.54, 1.807) is 0 Å². The molecule has 0 saturated carbocycles. The second kappa shape index (κ2) is 4.76. The number of benzene rings is 1. The fourth-order valence-corrected chi connectivity index (χ4v) is 3.63. The average Bonchev–Trinajstić information content (AvgIpc) is 2.64. The van der Waals surface area contributed by atoms with Gasteiger partial charge in [-0.25, -0.2) is 22.0 Å². The Kier molecular flexibility index (Phi) is 3.44. The molecule has 0 amide bonds. The Labute approximate surface area is 108 Å². The molecule has 8 heteroatoms. The molecule has 1 fully saturated rings. The lowest BCUT2D eigenvalue weighted by Gasteiger charge is -2.14. The normalized spacial score (nSPS) is 21.3. The largest absolute Gasteiger partial charge is 0.478 e. The third-order valence-electron chi connectivity index (χ3n) is 2.90. The highest BCUT2D eigenvalue weighted by Crippen LogP contribution is 2.24. The lowest BCUT2D eigenvalue weighted by molar-refractivity contribution is 0.0690. The van der Waals surface area contributed by atoms with Crippen molar-refractivity contribution in [3.05, 3.63) is 29.3 Å². The smallest absolute Gasteiger partial charge is 0.338 e. The van der Waals surface area contributed by atoms with Gasteiger partial charge in [-0.2, -0.15) is 0 Å². The highest BCUT2D eigenvalue weighted by Gasteiger charge is 2.29. The molecule has 1 aromatic carbocycles. The van der Waals surface area contributed by atoms with E-state index in [1.165, 1.54) is 0 Å². The summed E-state index contributed by atoms with van der Waals surface area (Å²) in [6.45, 7) is 0. The van der Waals surface area contributed by atoms with Gasteiger partial charge in [0.15, 0.2) is 21.5 Å². The number of hydrogen-bond acceptors (Lipinski definition) is 4. The number of rotatable bonds is 3. The van der Waals surface area contributed by atoms with Gasteiger partial charge >= 0.3 is 5.97 Å². The van der Waals surface area contributed by atoms with E-state index in [0.717, 1.165) is 12.1 Å². The maximum atomic E-state index is 13.6. The van der Waals surface area contributed by atoms with Crippen LogP contribution in [-0.4, -0.2) is 37.0 Å². The molecule has 1 aliphatic heterocycles. The fourth-order valence-electron chi connectivity index (χ4n) is 1.95. The number of aromatic carboxylic acids is 1. The molecule has 5 nitrogen and oxygen atoms in total. The summed E-state index contributed by atoms with van der Waals surface area (Å²) >= 11 is 0. The van der Waals surface area contributed by atoms with Gasteiger partial charge in [0.25, 0.3) is 0 Å². The Hall–Kier alpha value is -1.70. The first-order valence-corrected chi connectivity index (χ1v) is 7.30. The molecule has 0 aliphatic carbocycles. The summed E-state index contributed by atoms with van der Waals surface area (Å²) in [4.78, 5) is 10.6. The van der Waals surface area contributed by atoms with E-state index in [-0.39, 0.29) is 17.2 Å². The first-order valence-electron chi connectivity index (χ1n) is 5.48. The Bertz CT molecular complexity index is 630. The van der Waals surface area contributed by atoms with Crippen molar-refractivity contribution in [1.82, 2.24) is 0 Å². The van der Waals surface area contributed by atoms with Crippen molar-refractivity contribution in [2.75, 3.05) is 16.8 Å². The molecule has 0 radical (unpaired) electrons. The van der Waals surface area contributed by atoms with Crippen molar-refractivity contribution in [2.45, 2.75) is 12.5 Å². The number of halogens is 2. The van der Waals surface area contributed by atoms with Crippen molar-refractivity contribution >= 4 is 21.5 Å². The molecule has 1 saturated heterocycles. The summed E-state index contributed by atoms with van der Waals surface area (Å²) in [5.41, 5.74) is -0.994. The molecule has 1 aromatic rings. The summed E-state index contributed by atoms with van der Waals surface area (Å²) < 4.78 is 49.5. The number of sulfone groups is 1. The van der Waals surface area contributed by atoms with Crippen LogP contribution < -0.4 is 5.32 Å². The van der Waals surface area contributed by atoms with Gasteiger partial charge in [0, 0.05) is 6.04 Å². The quantitative estimate of drug-likeness (QED) is 0.876. The molecule has 0 aromatic heterocycles. The maximum Gasteiger partial charge on any atom is 0.338 e. The van der Waals surface area contributed by atoms with Crippen molar-refractivity contribution in [2.24, 2.45) is 0 Å². The monoisotopic (exact) mass is 291 g/mol. The highest BCUT2D eigenvalue weighted by atomic mass is 32.2. The first kappa shape index (κ1) is 13.7. The Morgan fingerprint density at radius 3 is 2.53 bits per heavy atom. The molecule has 1 aliphatic rings. The van der Waals surface area contributed by atoms with Crippen LogP contribution in [0.25, 0.3) is 0 Å². The maximum absolute atomic E-state index is 13.6. The Morgan fingerprint density at radius 2 is 2.00 bits per heavy atom. The van der Waals surface area contributed by atoms with E-state index in [9.17, 15) is 22.0 Å². The third kappa shape index (κ3) is 2.83. The second-order valence-electron chi connectivity index (χ2n) is 4.34. The van der Waals surface area contributed by atoms with Gasteiger partial charge < -0.3 is 10.4 Å². The lowest BCUT2D eigenvalue weighted by atomic mass is 10.1. The Morgan fingerprint density at radius 1 is 1.32 bits per heavy atom. The topological polar surface area (TPSA) is 83.5 Å². The molecular weight excluding hydrogens is 280 g/mol. The molecule has 104 valence electrons. The van der Waals surface area contributed by atoms with Crippen molar-refractivity contribution in [3.8, 4) is 0 Å². The van der Waals surface area contributed by atoms with E-state index >= 15 is 0 Å².